The molecule has 0 atom stereocenters. The van der Waals surface area contributed by atoms with Crippen LogP contribution < -0.4 is 5.32 Å². The van der Waals surface area contributed by atoms with Gasteiger partial charge in [0.05, 0.1) is 36.0 Å². The minimum absolute atomic E-state index is 0.0390. The van der Waals surface area contributed by atoms with Crippen LogP contribution in [0.1, 0.15) is 36.6 Å². The lowest BCUT2D eigenvalue weighted by molar-refractivity contribution is -0.385. The van der Waals surface area contributed by atoms with Crippen LogP contribution in [0.3, 0.4) is 0 Å². The lowest BCUT2D eigenvalue weighted by Gasteiger charge is -2.12. The number of esters is 2. The van der Waals surface area contributed by atoms with Crippen molar-refractivity contribution in [3.05, 3.63) is 68.8 Å². The first-order valence-corrected chi connectivity index (χ1v) is 7.65. The molecule has 0 spiro atoms. The number of hydrogen-bond donors (Lipinski definition) is 1. The van der Waals surface area contributed by atoms with E-state index in [2.05, 4.69) is 14.8 Å². The van der Waals surface area contributed by atoms with Gasteiger partial charge in [-0.3, -0.25) is 14.9 Å². The maximum absolute atomic E-state index is 12.5. The Kier molecular flexibility index (Phi) is 5.86. The largest absolute Gasteiger partial charge is 0.465 e. The van der Waals surface area contributed by atoms with Crippen molar-refractivity contribution in [1.29, 1.82) is 0 Å². The van der Waals surface area contributed by atoms with Crippen molar-refractivity contribution in [2.75, 3.05) is 19.5 Å². The summed E-state index contributed by atoms with van der Waals surface area (Å²) in [5.74, 6) is -1.96. The van der Waals surface area contributed by atoms with Gasteiger partial charge in [0.15, 0.2) is 0 Å². The molecule has 0 heterocycles. The van der Waals surface area contributed by atoms with Gasteiger partial charge in [0.2, 0.25) is 0 Å². The smallest absolute Gasteiger partial charge is 0.339 e. The van der Waals surface area contributed by atoms with E-state index in [4.69, 9.17) is 0 Å². The molecule has 0 aliphatic carbocycles. The summed E-state index contributed by atoms with van der Waals surface area (Å²) < 4.78 is 9.30. The fraction of sp³-hybridized carbons (Fsp3) is 0.167. The second kappa shape index (κ2) is 8.09. The lowest BCUT2D eigenvalue weighted by Crippen LogP contribution is -2.16. The van der Waals surface area contributed by atoms with Gasteiger partial charge in [0.1, 0.15) is 0 Å². The lowest BCUT2D eigenvalue weighted by atomic mass is 10.1. The fourth-order valence-corrected chi connectivity index (χ4v) is 2.38. The number of hydrogen-bond acceptors (Lipinski definition) is 7. The third kappa shape index (κ3) is 4.27. The van der Waals surface area contributed by atoms with Gasteiger partial charge in [0, 0.05) is 17.2 Å². The van der Waals surface area contributed by atoms with E-state index in [1.807, 2.05) is 0 Å². The van der Waals surface area contributed by atoms with Gasteiger partial charge in [-0.2, -0.15) is 0 Å². The van der Waals surface area contributed by atoms with Gasteiger partial charge in [-0.1, -0.05) is 0 Å². The fourth-order valence-electron chi connectivity index (χ4n) is 2.38. The molecule has 0 aliphatic heterocycles. The van der Waals surface area contributed by atoms with E-state index in [1.54, 1.807) is 0 Å². The molecule has 0 saturated heterocycles. The topological polar surface area (TPSA) is 125 Å². The molecule has 140 valence electrons. The Morgan fingerprint density at radius 1 is 0.963 bits per heavy atom. The summed E-state index contributed by atoms with van der Waals surface area (Å²) in [6.07, 6.45) is 0. The van der Waals surface area contributed by atoms with E-state index in [-0.39, 0.29) is 28.1 Å². The molecule has 0 aromatic heterocycles. The third-order valence-electron chi connectivity index (χ3n) is 3.75. The molecule has 0 unspecified atom stereocenters. The summed E-state index contributed by atoms with van der Waals surface area (Å²) in [6, 6.07) is 7.85. The number of aryl methyl sites for hydroxylation is 1. The van der Waals surface area contributed by atoms with Crippen LogP contribution in [-0.2, 0) is 9.47 Å². The predicted octanol–water partition coefficient (Wildman–Crippen LogP) is 2.73. The Morgan fingerprint density at radius 3 is 2.15 bits per heavy atom. The summed E-state index contributed by atoms with van der Waals surface area (Å²) in [7, 11) is 2.39. The Morgan fingerprint density at radius 2 is 1.59 bits per heavy atom. The van der Waals surface area contributed by atoms with Crippen molar-refractivity contribution in [3.8, 4) is 0 Å². The van der Waals surface area contributed by atoms with Gasteiger partial charge in [-0.05, 0) is 37.3 Å². The van der Waals surface area contributed by atoms with Crippen LogP contribution in [0, 0.1) is 17.0 Å². The number of benzene rings is 2. The minimum atomic E-state index is -0.707. The molecule has 0 fully saturated rings. The molecule has 0 radical (unpaired) electrons. The standard InChI is InChI=1S/C18H16N2O7/c1-10-8-11(5-7-15(10)20(24)25)16(21)19-14-9-12(17(22)26-2)4-6-13(14)18(23)27-3/h4-9H,1-3H3,(H,19,21). The maximum Gasteiger partial charge on any atom is 0.339 e. The number of rotatable bonds is 5. The minimum Gasteiger partial charge on any atom is -0.465 e. The van der Waals surface area contributed by atoms with E-state index in [9.17, 15) is 24.5 Å². The van der Waals surface area contributed by atoms with Gasteiger partial charge >= 0.3 is 11.9 Å². The second-order valence-electron chi connectivity index (χ2n) is 5.46. The number of nitro benzene ring substituents is 1. The molecule has 27 heavy (non-hydrogen) atoms. The van der Waals surface area contributed by atoms with Gasteiger partial charge in [-0.15, -0.1) is 0 Å². The van der Waals surface area contributed by atoms with Gasteiger partial charge in [-0.25, -0.2) is 9.59 Å². The first-order chi connectivity index (χ1) is 12.8. The number of nitrogens with zero attached hydrogens (tertiary/aromatic N) is 1. The zero-order valence-corrected chi connectivity index (χ0v) is 14.8. The molecule has 9 heteroatoms. The average Bonchev–Trinajstić information content (AvgIpc) is 2.66. The Balaban J connectivity index is 2.40. The van der Waals surface area contributed by atoms with Crippen molar-refractivity contribution in [2.24, 2.45) is 0 Å². The zero-order valence-electron chi connectivity index (χ0n) is 14.8. The van der Waals surface area contributed by atoms with Crippen molar-refractivity contribution in [3.63, 3.8) is 0 Å². The number of nitro groups is 1. The molecule has 2 aromatic carbocycles. The molecular weight excluding hydrogens is 356 g/mol. The number of amides is 1. The number of methoxy groups -OCH3 is 2. The molecule has 1 N–H and O–H groups in total. The summed E-state index contributed by atoms with van der Waals surface area (Å²) in [5, 5.41) is 13.4. The van der Waals surface area contributed by atoms with Crippen LogP contribution in [0.2, 0.25) is 0 Å². The first kappa shape index (κ1) is 19.6. The number of ether oxygens (including phenoxy) is 2. The van der Waals surface area contributed by atoms with E-state index < -0.39 is 22.8 Å². The van der Waals surface area contributed by atoms with E-state index >= 15 is 0 Å². The van der Waals surface area contributed by atoms with Crippen molar-refractivity contribution < 1.29 is 28.8 Å². The monoisotopic (exact) mass is 372 g/mol. The zero-order chi connectivity index (χ0) is 20.1. The predicted molar refractivity (Wildman–Crippen MR) is 94.9 cm³/mol. The molecule has 2 rings (SSSR count). The number of carbonyl (C=O) groups excluding carboxylic acids is 3. The van der Waals surface area contributed by atoms with Crippen molar-refractivity contribution >= 4 is 29.2 Å². The SMILES string of the molecule is COC(=O)c1ccc(C(=O)OC)c(NC(=O)c2ccc([N+](=O)[O-])c(C)c2)c1. The summed E-state index contributed by atoms with van der Waals surface area (Å²) in [6.45, 7) is 1.51. The maximum atomic E-state index is 12.5. The quantitative estimate of drug-likeness (QED) is 0.486. The Hall–Kier alpha value is -3.75. The number of carbonyl (C=O) groups is 3. The van der Waals surface area contributed by atoms with E-state index in [0.717, 1.165) is 0 Å². The molecule has 1 amide bonds. The van der Waals surface area contributed by atoms with Crippen LogP contribution in [0.5, 0.6) is 0 Å². The highest BCUT2D eigenvalue weighted by molar-refractivity contribution is 6.09. The van der Waals surface area contributed by atoms with E-state index in [0.29, 0.717) is 5.56 Å². The first-order valence-electron chi connectivity index (χ1n) is 7.65. The highest BCUT2D eigenvalue weighted by Crippen LogP contribution is 2.23. The highest BCUT2D eigenvalue weighted by atomic mass is 16.6. The summed E-state index contributed by atoms with van der Waals surface area (Å²) in [4.78, 5) is 46.5. The number of anilines is 1. The van der Waals surface area contributed by atoms with E-state index in [1.165, 1.54) is 57.5 Å². The molecule has 0 saturated carbocycles. The Labute approximate surface area is 154 Å². The molecule has 0 bridgehead atoms. The highest BCUT2D eigenvalue weighted by Gasteiger charge is 2.19. The molecule has 0 aliphatic rings. The van der Waals surface area contributed by atoms with Crippen molar-refractivity contribution in [2.45, 2.75) is 6.92 Å². The third-order valence-corrected chi connectivity index (χ3v) is 3.75. The van der Waals surface area contributed by atoms with Crippen LogP contribution >= 0.6 is 0 Å². The van der Waals surface area contributed by atoms with Gasteiger partial charge < -0.3 is 14.8 Å². The molecular formula is C18H16N2O7. The van der Waals surface area contributed by atoms with Crippen LogP contribution in [-0.4, -0.2) is 37.0 Å². The van der Waals surface area contributed by atoms with Gasteiger partial charge in [0.25, 0.3) is 11.6 Å². The summed E-state index contributed by atoms with van der Waals surface area (Å²) in [5.41, 5.74) is 0.555. The number of nitrogens with one attached hydrogen (secondary N) is 1. The van der Waals surface area contributed by atoms with Crippen LogP contribution in [0.15, 0.2) is 36.4 Å². The second-order valence-corrected chi connectivity index (χ2v) is 5.46. The Bertz CT molecular complexity index is 937. The normalized spacial score (nSPS) is 10.0. The molecule has 9 nitrogen and oxygen atoms in total. The van der Waals surface area contributed by atoms with Crippen LogP contribution in [0.25, 0.3) is 0 Å². The van der Waals surface area contributed by atoms with Crippen LogP contribution in [0.4, 0.5) is 11.4 Å². The van der Waals surface area contributed by atoms with Crippen molar-refractivity contribution in [1.82, 2.24) is 0 Å². The summed E-state index contributed by atoms with van der Waals surface area (Å²) >= 11 is 0. The average molecular weight is 372 g/mol. The molecule has 2 aromatic rings.